The Morgan fingerprint density at radius 3 is 2.94 bits per heavy atom. The lowest BCUT2D eigenvalue weighted by atomic mass is 9.90. The van der Waals surface area contributed by atoms with E-state index in [4.69, 9.17) is 4.74 Å². The molecule has 16 heavy (non-hydrogen) atoms. The topological polar surface area (TPSA) is 29.5 Å². The molecule has 1 aromatic carbocycles. The van der Waals surface area contributed by atoms with Gasteiger partial charge in [-0.2, -0.15) is 0 Å². The number of para-hydroxylation sites is 1. The summed E-state index contributed by atoms with van der Waals surface area (Å²) in [6.45, 7) is 4.39. The van der Waals surface area contributed by atoms with Crippen LogP contribution in [0.2, 0.25) is 0 Å². The molecule has 1 heterocycles. The molecule has 0 aromatic heterocycles. The number of rotatable bonds is 3. The maximum Gasteiger partial charge on any atom is 0.125 e. The summed E-state index contributed by atoms with van der Waals surface area (Å²) in [6, 6.07) is 7.80. The van der Waals surface area contributed by atoms with Crippen LogP contribution in [-0.4, -0.2) is 11.2 Å². The van der Waals surface area contributed by atoms with Crippen molar-refractivity contribution in [2.24, 2.45) is 5.92 Å². The predicted octanol–water partition coefficient (Wildman–Crippen LogP) is 3.31. The minimum atomic E-state index is -0.366. The van der Waals surface area contributed by atoms with Gasteiger partial charge in [-0.05, 0) is 18.4 Å². The van der Waals surface area contributed by atoms with Crippen LogP contribution in [0, 0.1) is 5.92 Å². The lowest BCUT2D eigenvalue weighted by Gasteiger charge is -2.33. The Balaban J connectivity index is 2.14. The molecule has 1 aromatic rings. The zero-order valence-electron chi connectivity index (χ0n) is 10.0. The van der Waals surface area contributed by atoms with Crippen molar-refractivity contribution in [3.63, 3.8) is 0 Å². The molecule has 0 amide bonds. The predicted molar refractivity (Wildman–Crippen MR) is 64.5 cm³/mol. The van der Waals surface area contributed by atoms with Crippen LogP contribution >= 0.6 is 0 Å². The monoisotopic (exact) mass is 220 g/mol. The number of aliphatic hydroxyl groups is 1. The van der Waals surface area contributed by atoms with Crippen LogP contribution < -0.4 is 4.74 Å². The van der Waals surface area contributed by atoms with Crippen LogP contribution in [0.3, 0.4) is 0 Å². The van der Waals surface area contributed by atoms with E-state index < -0.39 is 0 Å². The zero-order valence-corrected chi connectivity index (χ0v) is 10.0. The first kappa shape index (κ1) is 11.5. The van der Waals surface area contributed by atoms with Gasteiger partial charge in [-0.15, -0.1) is 0 Å². The van der Waals surface area contributed by atoms with Crippen molar-refractivity contribution >= 4 is 0 Å². The molecule has 2 heteroatoms. The van der Waals surface area contributed by atoms with Gasteiger partial charge in [-0.3, -0.25) is 0 Å². The van der Waals surface area contributed by atoms with E-state index in [-0.39, 0.29) is 12.2 Å². The molecule has 0 saturated heterocycles. The minimum absolute atomic E-state index is 0.157. The van der Waals surface area contributed by atoms with Gasteiger partial charge in [0.15, 0.2) is 0 Å². The fourth-order valence-corrected chi connectivity index (χ4v) is 2.41. The molecule has 1 aliphatic rings. The van der Waals surface area contributed by atoms with Crippen molar-refractivity contribution < 1.29 is 9.84 Å². The summed E-state index contributed by atoms with van der Waals surface area (Å²) in [6.07, 6.45) is 2.83. The molecular formula is C14H20O2. The molecule has 0 spiro atoms. The van der Waals surface area contributed by atoms with Crippen molar-refractivity contribution in [3.8, 4) is 5.75 Å². The van der Waals surface area contributed by atoms with E-state index in [1.165, 1.54) is 6.42 Å². The average Bonchev–Trinajstić information content (AvgIpc) is 2.29. The van der Waals surface area contributed by atoms with Crippen molar-refractivity contribution in [1.29, 1.82) is 0 Å². The Morgan fingerprint density at radius 2 is 2.19 bits per heavy atom. The molecule has 1 N–H and O–H groups in total. The highest BCUT2D eigenvalue weighted by atomic mass is 16.5. The number of aliphatic hydroxyl groups excluding tert-OH is 1. The average molecular weight is 220 g/mol. The second-order valence-electron chi connectivity index (χ2n) is 4.71. The minimum Gasteiger partial charge on any atom is -0.490 e. The molecular weight excluding hydrogens is 200 g/mol. The molecule has 2 unspecified atom stereocenters. The summed E-state index contributed by atoms with van der Waals surface area (Å²) < 4.78 is 5.96. The van der Waals surface area contributed by atoms with E-state index >= 15 is 0 Å². The number of ether oxygens (including phenoxy) is 1. The van der Waals surface area contributed by atoms with E-state index in [0.717, 1.165) is 24.2 Å². The second kappa shape index (κ2) is 4.88. The number of benzene rings is 1. The van der Waals surface area contributed by atoms with Gasteiger partial charge in [-0.25, -0.2) is 0 Å². The Labute approximate surface area is 97.3 Å². The SMILES string of the molecule is CCCC(C)C1C[C@H](O)c2ccccc2O1. The molecule has 0 bridgehead atoms. The molecule has 0 saturated carbocycles. The van der Waals surface area contributed by atoms with Gasteiger partial charge in [0, 0.05) is 12.0 Å². The van der Waals surface area contributed by atoms with Gasteiger partial charge in [0.05, 0.1) is 6.10 Å². The third-order valence-corrected chi connectivity index (χ3v) is 3.39. The first-order valence-electron chi connectivity index (χ1n) is 6.16. The molecule has 2 rings (SSSR count). The summed E-state index contributed by atoms with van der Waals surface area (Å²) in [5.41, 5.74) is 0.933. The summed E-state index contributed by atoms with van der Waals surface area (Å²) >= 11 is 0. The largest absolute Gasteiger partial charge is 0.490 e. The summed E-state index contributed by atoms with van der Waals surface area (Å²) in [4.78, 5) is 0. The summed E-state index contributed by atoms with van der Waals surface area (Å²) in [5.74, 6) is 1.36. The van der Waals surface area contributed by atoms with Crippen LogP contribution in [0.5, 0.6) is 5.75 Å². The highest BCUT2D eigenvalue weighted by molar-refractivity contribution is 5.36. The second-order valence-corrected chi connectivity index (χ2v) is 4.71. The van der Waals surface area contributed by atoms with Gasteiger partial charge >= 0.3 is 0 Å². The molecule has 2 nitrogen and oxygen atoms in total. The van der Waals surface area contributed by atoms with E-state index in [2.05, 4.69) is 13.8 Å². The maximum absolute atomic E-state index is 10.1. The number of fused-ring (bicyclic) bond motifs is 1. The van der Waals surface area contributed by atoms with E-state index in [1.807, 2.05) is 24.3 Å². The standard InChI is InChI=1S/C14H20O2/c1-3-6-10(2)14-9-12(15)11-7-4-5-8-13(11)16-14/h4-5,7-8,10,12,14-15H,3,6,9H2,1-2H3/t10?,12-,14?/m0/s1. The van der Waals surface area contributed by atoms with Crippen molar-refractivity contribution in [1.82, 2.24) is 0 Å². The van der Waals surface area contributed by atoms with Crippen LogP contribution in [0.25, 0.3) is 0 Å². The first-order chi connectivity index (χ1) is 7.72. The molecule has 3 atom stereocenters. The van der Waals surface area contributed by atoms with Crippen LogP contribution in [-0.2, 0) is 0 Å². The van der Waals surface area contributed by atoms with Crippen molar-refractivity contribution in [2.75, 3.05) is 0 Å². The van der Waals surface area contributed by atoms with Gasteiger partial charge in [0.25, 0.3) is 0 Å². The smallest absolute Gasteiger partial charge is 0.125 e. The van der Waals surface area contributed by atoms with E-state index in [9.17, 15) is 5.11 Å². The van der Waals surface area contributed by atoms with E-state index in [1.54, 1.807) is 0 Å². The molecule has 1 aliphatic heterocycles. The zero-order chi connectivity index (χ0) is 11.5. The third-order valence-electron chi connectivity index (χ3n) is 3.39. The molecule has 0 fully saturated rings. The van der Waals surface area contributed by atoms with Crippen LogP contribution in [0.1, 0.15) is 44.8 Å². The summed E-state index contributed by atoms with van der Waals surface area (Å²) in [7, 11) is 0. The van der Waals surface area contributed by atoms with Crippen molar-refractivity contribution in [3.05, 3.63) is 29.8 Å². The lowest BCUT2D eigenvalue weighted by Crippen LogP contribution is -2.31. The summed E-state index contributed by atoms with van der Waals surface area (Å²) in [5, 5.41) is 10.1. The van der Waals surface area contributed by atoms with Gasteiger partial charge in [-0.1, -0.05) is 38.5 Å². The Morgan fingerprint density at radius 1 is 1.44 bits per heavy atom. The lowest BCUT2D eigenvalue weighted by molar-refractivity contribution is 0.0361. The molecule has 88 valence electrons. The number of hydrogen-bond acceptors (Lipinski definition) is 2. The van der Waals surface area contributed by atoms with Crippen molar-refractivity contribution in [2.45, 2.75) is 45.3 Å². The quantitative estimate of drug-likeness (QED) is 0.846. The highest BCUT2D eigenvalue weighted by Gasteiger charge is 2.29. The Kier molecular flexibility index (Phi) is 3.49. The molecule has 0 radical (unpaired) electrons. The Bertz CT molecular complexity index is 348. The molecule has 0 aliphatic carbocycles. The third kappa shape index (κ3) is 2.22. The fraction of sp³-hybridized carbons (Fsp3) is 0.571. The van der Waals surface area contributed by atoms with E-state index in [0.29, 0.717) is 5.92 Å². The maximum atomic E-state index is 10.1. The normalized spacial score (nSPS) is 25.7. The van der Waals surface area contributed by atoms with Gasteiger partial charge in [0.1, 0.15) is 11.9 Å². The van der Waals surface area contributed by atoms with Crippen LogP contribution in [0.15, 0.2) is 24.3 Å². The fourth-order valence-electron chi connectivity index (χ4n) is 2.41. The highest BCUT2D eigenvalue weighted by Crippen LogP contribution is 2.37. The Hall–Kier alpha value is -1.02. The number of hydrogen-bond donors (Lipinski definition) is 1. The first-order valence-corrected chi connectivity index (χ1v) is 6.16. The van der Waals surface area contributed by atoms with Crippen LogP contribution in [0.4, 0.5) is 0 Å². The van der Waals surface area contributed by atoms with Gasteiger partial charge in [0.2, 0.25) is 0 Å². The van der Waals surface area contributed by atoms with Gasteiger partial charge < -0.3 is 9.84 Å².